The molecule has 3 nitrogen and oxygen atoms in total. The molecule has 0 aromatic carbocycles. The van der Waals surface area contributed by atoms with Crippen LogP contribution in [0.5, 0.6) is 0 Å². The van der Waals surface area contributed by atoms with Crippen molar-refractivity contribution in [3.63, 3.8) is 0 Å². The molecule has 1 saturated heterocycles. The summed E-state index contributed by atoms with van der Waals surface area (Å²) in [6.45, 7) is 4.82. The van der Waals surface area contributed by atoms with Crippen LogP contribution in [0.1, 0.15) is 13.8 Å². The van der Waals surface area contributed by atoms with Crippen molar-refractivity contribution in [1.29, 1.82) is 0 Å². The minimum absolute atomic E-state index is 0.0490. The minimum Gasteiger partial charge on any atom is -0.300 e. The lowest BCUT2D eigenvalue weighted by atomic mass is 10.4. The van der Waals surface area contributed by atoms with Gasteiger partial charge in [-0.25, -0.2) is 4.89 Å². The van der Waals surface area contributed by atoms with E-state index in [2.05, 4.69) is 24.1 Å². The van der Waals surface area contributed by atoms with Gasteiger partial charge in [-0.3, -0.25) is 10.6 Å². The first-order valence-electron chi connectivity index (χ1n) is 2.87. The Labute approximate surface area is 58.7 Å². The van der Waals surface area contributed by atoms with E-state index in [0.717, 1.165) is 0 Å². The van der Waals surface area contributed by atoms with Crippen molar-refractivity contribution in [2.75, 3.05) is 6.54 Å². The predicted molar refractivity (Wildman–Crippen MR) is 37.2 cm³/mol. The van der Waals surface area contributed by atoms with E-state index in [9.17, 15) is 0 Å². The molecule has 9 heavy (non-hydrogen) atoms. The molecule has 1 aliphatic heterocycles. The highest BCUT2D eigenvalue weighted by Crippen LogP contribution is 2.31. The molecule has 1 aliphatic rings. The van der Waals surface area contributed by atoms with Crippen LogP contribution in [0.3, 0.4) is 0 Å². The summed E-state index contributed by atoms with van der Waals surface area (Å²) in [6.07, 6.45) is 0. The molecule has 4 heteroatoms. The Kier molecular flexibility index (Phi) is 2.00. The van der Waals surface area contributed by atoms with Gasteiger partial charge in [0, 0.05) is 6.54 Å². The monoisotopic (exact) mass is 149 g/mol. The van der Waals surface area contributed by atoms with E-state index in [1.807, 2.05) is 0 Å². The van der Waals surface area contributed by atoms with E-state index in [0.29, 0.717) is 6.54 Å². The first-order valence-corrected chi connectivity index (χ1v) is 3.75. The van der Waals surface area contributed by atoms with E-state index >= 15 is 0 Å². The van der Waals surface area contributed by atoms with E-state index in [-0.39, 0.29) is 10.3 Å². The van der Waals surface area contributed by atoms with E-state index < -0.39 is 0 Å². The summed E-state index contributed by atoms with van der Waals surface area (Å²) in [5.41, 5.74) is -0.0972. The molecule has 0 aliphatic carbocycles. The number of hydrogen-bond acceptors (Lipinski definition) is 4. The summed E-state index contributed by atoms with van der Waals surface area (Å²) >= 11 is 1.58. The van der Waals surface area contributed by atoms with Gasteiger partial charge in [-0.05, 0) is 13.8 Å². The summed E-state index contributed by atoms with van der Waals surface area (Å²) in [5, 5.41) is 11.4. The van der Waals surface area contributed by atoms with Gasteiger partial charge in [0.25, 0.3) is 0 Å². The van der Waals surface area contributed by atoms with Crippen LogP contribution in [0, 0.1) is 0 Å². The van der Waals surface area contributed by atoms with Crippen molar-refractivity contribution >= 4 is 11.8 Å². The first-order chi connectivity index (χ1) is 4.14. The zero-order valence-corrected chi connectivity index (χ0v) is 6.36. The minimum atomic E-state index is -0.0972. The second kappa shape index (κ2) is 2.46. The van der Waals surface area contributed by atoms with E-state index in [1.165, 1.54) is 0 Å². The Hall–Kier alpha value is 0.230. The third-order valence-electron chi connectivity index (χ3n) is 1.24. The lowest BCUT2D eigenvalue weighted by Gasteiger charge is -2.15. The van der Waals surface area contributed by atoms with Crippen molar-refractivity contribution in [3.8, 4) is 0 Å². The third-order valence-corrected chi connectivity index (χ3v) is 2.49. The van der Waals surface area contributed by atoms with Crippen LogP contribution in [0.2, 0.25) is 0 Å². The number of hydrogen-bond donors (Lipinski definition) is 2. The average molecular weight is 149 g/mol. The summed E-state index contributed by atoms with van der Waals surface area (Å²) in [7, 11) is 0. The zero-order chi connectivity index (χ0) is 6.91. The zero-order valence-electron chi connectivity index (χ0n) is 5.55. The van der Waals surface area contributed by atoms with Gasteiger partial charge in [-0.2, -0.15) is 0 Å². The smallest absolute Gasteiger partial charge is 0.152 e. The Bertz CT molecular complexity index is 107. The first kappa shape index (κ1) is 7.34. The van der Waals surface area contributed by atoms with Gasteiger partial charge in [-0.15, -0.1) is 11.8 Å². The van der Waals surface area contributed by atoms with Crippen molar-refractivity contribution in [1.82, 2.24) is 5.32 Å². The average Bonchev–Trinajstić information content (AvgIpc) is 2.10. The topological polar surface area (TPSA) is 41.5 Å². The van der Waals surface area contributed by atoms with Crippen LogP contribution in [0.4, 0.5) is 0 Å². The van der Waals surface area contributed by atoms with Crippen LogP contribution in [-0.2, 0) is 4.89 Å². The molecule has 0 amide bonds. The molecule has 1 rings (SSSR count). The number of rotatable bonds is 1. The SMILES string of the molecule is CC1(C)NCC(OO)S1. The summed E-state index contributed by atoms with van der Waals surface area (Å²) in [6, 6.07) is 0. The molecule has 1 atom stereocenters. The van der Waals surface area contributed by atoms with Crippen LogP contribution in [0.25, 0.3) is 0 Å². The van der Waals surface area contributed by atoms with Crippen LogP contribution in [0.15, 0.2) is 0 Å². The highest BCUT2D eigenvalue weighted by atomic mass is 32.2. The van der Waals surface area contributed by atoms with Crippen LogP contribution < -0.4 is 5.32 Å². The molecule has 1 unspecified atom stereocenters. The fraction of sp³-hybridized carbons (Fsp3) is 1.00. The molecule has 1 fully saturated rings. The highest BCUT2D eigenvalue weighted by molar-refractivity contribution is 8.01. The van der Waals surface area contributed by atoms with Crippen molar-refractivity contribution in [2.45, 2.75) is 24.2 Å². The maximum absolute atomic E-state index is 8.24. The van der Waals surface area contributed by atoms with Gasteiger partial charge < -0.3 is 0 Å². The summed E-state index contributed by atoms with van der Waals surface area (Å²) in [4.78, 5) is 4.20. The molecular formula is C5H11NO2S. The highest BCUT2D eigenvalue weighted by Gasteiger charge is 2.31. The predicted octanol–water partition coefficient (Wildman–Crippen LogP) is 0.875. The Morgan fingerprint density at radius 3 is 2.67 bits per heavy atom. The molecular weight excluding hydrogens is 138 g/mol. The van der Waals surface area contributed by atoms with Gasteiger partial charge in [0.2, 0.25) is 0 Å². The summed E-state index contributed by atoms with van der Waals surface area (Å²) < 4.78 is 0. The van der Waals surface area contributed by atoms with Gasteiger partial charge in [0.1, 0.15) is 0 Å². The normalized spacial score (nSPS) is 33.0. The summed E-state index contributed by atoms with van der Waals surface area (Å²) in [5.74, 6) is 0. The Morgan fingerprint density at radius 1 is 1.78 bits per heavy atom. The molecule has 1 heterocycles. The largest absolute Gasteiger partial charge is 0.300 e. The number of thioether (sulfide) groups is 1. The second-order valence-corrected chi connectivity index (χ2v) is 4.33. The van der Waals surface area contributed by atoms with Gasteiger partial charge in [0.15, 0.2) is 5.44 Å². The maximum Gasteiger partial charge on any atom is 0.152 e. The molecule has 54 valence electrons. The molecule has 0 radical (unpaired) electrons. The Morgan fingerprint density at radius 2 is 2.44 bits per heavy atom. The molecule has 0 aromatic heterocycles. The van der Waals surface area contributed by atoms with Crippen molar-refractivity contribution in [2.24, 2.45) is 0 Å². The standard InChI is InChI=1S/C5H11NO2S/c1-5(2)6-3-4(8-7)9-5/h4,6-7H,3H2,1-2H3. The van der Waals surface area contributed by atoms with E-state index in [1.54, 1.807) is 11.8 Å². The lowest BCUT2D eigenvalue weighted by molar-refractivity contribution is -0.250. The third kappa shape index (κ3) is 1.82. The maximum atomic E-state index is 8.24. The lowest BCUT2D eigenvalue weighted by Crippen LogP contribution is -2.29. The fourth-order valence-corrected chi connectivity index (χ4v) is 1.83. The van der Waals surface area contributed by atoms with Gasteiger partial charge in [0.05, 0.1) is 4.87 Å². The second-order valence-electron chi connectivity index (χ2n) is 2.54. The van der Waals surface area contributed by atoms with Crippen molar-refractivity contribution < 1.29 is 10.1 Å². The molecule has 0 bridgehead atoms. The fourth-order valence-electron chi connectivity index (χ4n) is 0.800. The molecule has 0 saturated carbocycles. The Balaban J connectivity index is 2.38. The van der Waals surface area contributed by atoms with Crippen LogP contribution in [-0.4, -0.2) is 22.1 Å². The quantitative estimate of drug-likeness (QED) is 0.429. The van der Waals surface area contributed by atoms with E-state index in [4.69, 9.17) is 5.26 Å². The van der Waals surface area contributed by atoms with Gasteiger partial charge >= 0.3 is 0 Å². The molecule has 0 spiro atoms. The van der Waals surface area contributed by atoms with Crippen LogP contribution >= 0.6 is 11.8 Å². The number of nitrogens with one attached hydrogen (secondary N) is 1. The molecule has 0 aromatic rings. The molecule has 2 N–H and O–H groups in total. The van der Waals surface area contributed by atoms with Gasteiger partial charge in [-0.1, -0.05) is 0 Å². The van der Waals surface area contributed by atoms with Crippen molar-refractivity contribution in [3.05, 3.63) is 0 Å².